The number of hydrogen-bond acceptors (Lipinski definition) is 5. The quantitative estimate of drug-likeness (QED) is 0.378. The molecule has 6 nitrogen and oxygen atoms in total. The zero-order valence-electron chi connectivity index (χ0n) is 7.56. The molecule has 0 unspecified atom stereocenters. The van der Waals surface area contributed by atoms with Gasteiger partial charge in [-0.2, -0.15) is 0 Å². The minimum atomic E-state index is -0.365. The van der Waals surface area contributed by atoms with Gasteiger partial charge in [-0.15, -0.1) is 0 Å². The lowest BCUT2D eigenvalue weighted by Gasteiger charge is -2.18. The Kier molecular flexibility index (Phi) is 7.47. The SMILES string of the molecule is O=[N+]([O-])CCCN(CCO)CCO. The van der Waals surface area contributed by atoms with Crippen molar-refractivity contribution in [1.82, 2.24) is 4.90 Å². The Bertz CT molecular complexity index is 136. The highest BCUT2D eigenvalue weighted by Crippen LogP contribution is 1.90. The van der Waals surface area contributed by atoms with Crippen LogP contribution in [0.1, 0.15) is 6.42 Å². The Balaban J connectivity index is 3.49. The van der Waals surface area contributed by atoms with Crippen LogP contribution < -0.4 is 0 Å². The van der Waals surface area contributed by atoms with Gasteiger partial charge >= 0.3 is 0 Å². The third-order valence-electron chi connectivity index (χ3n) is 1.65. The lowest BCUT2D eigenvalue weighted by molar-refractivity contribution is -0.480. The molecule has 0 rings (SSSR count). The summed E-state index contributed by atoms with van der Waals surface area (Å²) in [5.41, 5.74) is 0. The first-order valence-corrected chi connectivity index (χ1v) is 4.26. The molecule has 0 saturated heterocycles. The fraction of sp³-hybridized carbons (Fsp3) is 1.00. The summed E-state index contributed by atoms with van der Waals surface area (Å²) in [5.74, 6) is 0. The minimum Gasteiger partial charge on any atom is -0.395 e. The molecule has 0 fully saturated rings. The van der Waals surface area contributed by atoms with E-state index in [0.717, 1.165) is 0 Å². The number of rotatable bonds is 8. The second kappa shape index (κ2) is 7.90. The molecule has 0 aliphatic carbocycles. The number of nitro groups is 1. The van der Waals surface area contributed by atoms with Gasteiger partial charge < -0.3 is 10.2 Å². The Morgan fingerprint density at radius 3 is 2.08 bits per heavy atom. The highest BCUT2D eigenvalue weighted by Gasteiger charge is 2.04. The van der Waals surface area contributed by atoms with Crippen molar-refractivity contribution in [1.29, 1.82) is 0 Å². The van der Waals surface area contributed by atoms with Crippen LogP contribution in [-0.2, 0) is 0 Å². The number of nitrogens with zero attached hydrogens (tertiary/aromatic N) is 2. The van der Waals surface area contributed by atoms with Crippen LogP contribution in [0.4, 0.5) is 0 Å². The van der Waals surface area contributed by atoms with Gasteiger partial charge in [0.1, 0.15) is 0 Å². The Labute approximate surface area is 76.9 Å². The van der Waals surface area contributed by atoms with Crippen molar-refractivity contribution in [3.05, 3.63) is 10.1 Å². The van der Waals surface area contributed by atoms with E-state index in [1.807, 2.05) is 0 Å². The van der Waals surface area contributed by atoms with Gasteiger partial charge in [0.15, 0.2) is 0 Å². The van der Waals surface area contributed by atoms with E-state index in [9.17, 15) is 10.1 Å². The van der Waals surface area contributed by atoms with Crippen LogP contribution in [0.25, 0.3) is 0 Å². The predicted octanol–water partition coefficient (Wildman–Crippen LogP) is -1.06. The molecule has 13 heavy (non-hydrogen) atoms. The summed E-state index contributed by atoms with van der Waals surface area (Å²) >= 11 is 0. The first-order valence-electron chi connectivity index (χ1n) is 4.26. The second-order valence-corrected chi connectivity index (χ2v) is 2.70. The summed E-state index contributed by atoms with van der Waals surface area (Å²) in [4.78, 5) is 11.4. The fourth-order valence-corrected chi connectivity index (χ4v) is 1.04. The average Bonchev–Trinajstić information content (AvgIpc) is 2.04. The summed E-state index contributed by atoms with van der Waals surface area (Å²) in [5, 5.41) is 27.2. The highest BCUT2D eigenvalue weighted by atomic mass is 16.6. The zero-order chi connectivity index (χ0) is 10.1. The van der Waals surface area contributed by atoms with E-state index in [2.05, 4.69) is 0 Å². The van der Waals surface area contributed by atoms with Crippen molar-refractivity contribution in [2.75, 3.05) is 39.4 Å². The van der Waals surface area contributed by atoms with Gasteiger partial charge in [0, 0.05) is 31.0 Å². The van der Waals surface area contributed by atoms with Crippen LogP contribution >= 0.6 is 0 Å². The molecule has 0 atom stereocenters. The molecule has 6 heteroatoms. The molecule has 0 aliphatic rings. The van der Waals surface area contributed by atoms with Gasteiger partial charge in [-0.25, -0.2) is 0 Å². The van der Waals surface area contributed by atoms with E-state index >= 15 is 0 Å². The van der Waals surface area contributed by atoms with Crippen LogP contribution in [0.5, 0.6) is 0 Å². The van der Waals surface area contributed by atoms with Crippen LogP contribution in [0.15, 0.2) is 0 Å². The minimum absolute atomic E-state index is 0.0124. The highest BCUT2D eigenvalue weighted by molar-refractivity contribution is 4.55. The lowest BCUT2D eigenvalue weighted by Crippen LogP contribution is -2.31. The van der Waals surface area contributed by atoms with E-state index in [4.69, 9.17) is 10.2 Å². The summed E-state index contributed by atoms with van der Waals surface area (Å²) in [6, 6.07) is 0. The number of aliphatic hydroxyl groups is 2. The maximum Gasteiger partial charge on any atom is 0.205 e. The average molecular weight is 192 g/mol. The molecule has 0 aromatic carbocycles. The molecular weight excluding hydrogens is 176 g/mol. The van der Waals surface area contributed by atoms with Crippen LogP contribution in [-0.4, -0.2) is 59.4 Å². The summed E-state index contributed by atoms with van der Waals surface area (Å²) in [6.45, 7) is 1.42. The van der Waals surface area contributed by atoms with Crippen molar-refractivity contribution in [3.8, 4) is 0 Å². The molecule has 0 spiro atoms. The Morgan fingerprint density at radius 2 is 1.69 bits per heavy atom. The molecule has 0 saturated carbocycles. The molecule has 0 amide bonds. The summed E-state index contributed by atoms with van der Waals surface area (Å²) in [7, 11) is 0. The number of hydrogen-bond donors (Lipinski definition) is 2. The summed E-state index contributed by atoms with van der Waals surface area (Å²) < 4.78 is 0. The van der Waals surface area contributed by atoms with Crippen molar-refractivity contribution >= 4 is 0 Å². The van der Waals surface area contributed by atoms with Gasteiger partial charge in [0.05, 0.1) is 13.2 Å². The van der Waals surface area contributed by atoms with Crippen molar-refractivity contribution < 1.29 is 15.1 Å². The second-order valence-electron chi connectivity index (χ2n) is 2.70. The van der Waals surface area contributed by atoms with E-state index in [1.54, 1.807) is 4.90 Å². The fourth-order valence-electron chi connectivity index (χ4n) is 1.04. The standard InChI is InChI=1S/C7H16N2O4/c10-6-4-8(5-7-11)2-1-3-9(12)13/h10-11H,1-7H2. The van der Waals surface area contributed by atoms with E-state index < -0.39 is 0 Å². The Morgan fingerprint density at radius 1 is 1.15 bits per heavy atom. The maximum absolute atomic E-state index is 9.98. The van der Waals surface area contributed by atoms with Crippen LogP contribution in [0.3, 0.4) is 0 Å². The third kappa shape index (κ3) is 7.63. The normalized spacial score (nSPS) is 10.7. The van der Waals surface area contributed by atoms with Gasteiger partial charge in [-0.1, -0.05) is 0 Å². The van der Waals surface area contributed by atoms with E-state index in [0.29, 0.717) is 26.1 Å². The lowest BCUT2D eigenvalue weighted by atomic mass is 10.3. The molecule has 0 aromatic rings. The van der Waals surface area contributed by atoms with Gasteiger partial charge in [0.2, 0.25) is 6.54 Å². The molecule has 0 bridgehead atoms. The third-order valence-corrected chi connectivity index (χ3v) is 1.65. The molecule has 0 aromatic heterocycles. The van der Waals surface area contributed by atoms with Gasteiger partial charge in [-0.05, 0) is 0 Å². The van der Waals surface area contributed by atoms with Crippen LogP contribution in [0, 0.1) is 10.1 Å². The monoisotopic (exact) mass is 192 g/mol. The predicted molar refractivity (Wildman–Crippen MR) is 47.1 cm³/mol. The zero-order valence-corrected chi connectivity index (χ0v) is 7.56. The number of aliphatic hydroxyl groups excluding tert-OH is 2. The molecule has 2 N–H and O–H groups in total. The molecular formula is C7H16N2O4. The first-order chi connectivity index (χ1) is 6.20. The van der Waals surface area contributed by atoms with Gasteiger partial charge in [0.25, 0.3) is 0 Å². The molecule has 0 radical (unpaired) electrons. The van der Waals surface area contributed by atoms with E-state index in [1.165, 1.54) is 0 Å². The molecule has 78 valence electrons. The van der Waals surface area contributed by atoms with Crippen LogP contribution in [0.2, 0.25) is 0 Å². The summed E-state index contributed by atoms with van der Waals surface area (Å²) in [6.07, 6.45) is 0.451. The molecule has 0 heterocycles. The molecule has 0 aliphatic heterocycles. The maximum atomic E-state index is 9.98. The van der Waals surface area contributed by atoms with Crippen molar-refractivity contribution in [3.63, 3.8) is 0 Å². The first kappa shape index (κ1) is 12.3. The largest absolute Gasteiger partial charge is 0.395 e. The smallest absolute Gasteiger partial charge is 0.205 e. The topological polar surface area (TPSA) is 86.8 Å². The van der Waals surface area contributed by atoms with Crippen molar-refractivity contribution in [2.45, 2.75) is 6.42 Å². The van der Waals surface area contributed by atoms with E-state index in [-0.39, 0.29) is 24.7 Å². The van der Waals surface area contributed by atoms with Gasteiger partial charge in [-0.3, -0.25) is 15.0 Å². The van der Waals surface area contributed by atoms with Crippen molar-refractivity contribution in [2.24, 2.45) is 0 Å². The Hall–Kier alpha value is -0.720.